The smallest absolute Gasteiger partial charge is 0.163 e. The lowest BCUT2D eigenvalue weighted by Gasteiger charge is -2.07. The Morgan fingerprint density at radius 1 is 1.32 bits per heavy atom. The number of aromatic nitrogens is 4. The third-order valence-electron chi connectivity index (χ3n) is 2.95. The second-order valence-corrected chi connectivity index (χ2v) is 4.26. The summed E-state index contributed by atoms with van der Waals surface area (Å²) in [6.07, 6.45) is 3.28. The summed E-state index contributed by atoms with van der Waals surface area (Å²) in [4.78, 5) is 8.47. The maximum absolute atomic E-state index is 5.64. The highest BCUT2D eigenvalue weighted by atomic mass is 15.3. The van der Waals surface area contributed by atoms with E-state index in [1.165, 1.54) is 6.33 Å². The van der Waals surface area contributed by atoms with Crippen LogP contribution in [-0.4, -0.2) is 19.7 Å². The molecule has 6 nitrogen and oxygen atoms in total. The van der Waals surface area contributed by atoms with Crippen molar-refractivity contribution >= 4 is 22.5 Å². The number of anilines is 2. The highest BCUT2D eigenvalue weighted by molar-refractivity contribution is 5.88. The molecular weight excluding hydrogens is 240 g/mol. The molecule has 0 aliphatic heterocycles. The van der Waals surface area contributed by atoms with E-state index >= 15 is 0 Å². The van der Waals surface area contributed by atoms with Gasteiger partial charge in [-0.05, 0) is 17.7 Å². The molecular formula is C13H14N6. The van der Waals surface area contributed by atoms with Crippen LogP contribution >= 0.6 is 0 Å². The van der Waals surface area contributed by atoms with Crippen molar-refractivity contribution in [3.05, 3.63) is 42.4 Å². The first kappa shape index (κ1) is 11.6. The molecule has 0 fully saturated rings. The number of rotatable bonds is 3. The van der Waals surface area contributed by atoms with Crippen molar-refractivity contribution in [3.8, 4) is 0 Å². The van der Waals surface area contributed by atoms with Gasteiger partial charge in [-0.1, -0.05) is 12.1 Å². The van der Waals surface area contributed by atoms with E-state index in [9.17, 15) is 0 Å². The fourth-order valence-corrected chi connectivity index (χ4v) is 1.97. The van der Waals surface area contributed by atoms with Gasteiger partial charge >= 0.3 is 0 Å². The number of nitrogens with two attached hydrogens (primary N) is 1. The summed E-state index contributed by atoms with van der Waals surface area (Å²) in [6, 6.07) is 7.94. The first-order valence-corrected chi connectivity index (χ1v) is 5.96. The van der Waals surface area contributed by atoms with Crippen LogP contribution in [-0.2, 0) is 13.6 Å². The van der Waals surface area contributed by atoms with Crippen LogP contribution in [0.25, 0.3) is 11.0 Å². The minimum atomic E-state index is 0.515. The molecule has 2 aromatic heterocycles. The zero-order chi connectivity index (χ0) is 13.2. The van der Waals surface area contributed by atoms with E-state index in [1.54, 1.807) is 10.9 Å². The molecule has 6 heteroatoms. The molecule has 96 valence electrons. The molecule has 0 atom stereocenters. The van der Waals surface area contributed by atoms with E-state index in [2.05, 4.69) is 20.4 Å². The maximum atomic E-state index is 5.64. The molecule has 0 unspecified atom stereocenters. The number of benzene rings is 1. The molecule has 19 heavy (non-hydrogen) atoms. The molecule has 0 aliphatic rings. The Balaban J connectivity index is 2.00. The Bertz CT molecular complexity index is 718. The molecule has 0 spiro atoms. The van der Waals surface area contributed by atoms with Crippen molar-refractivity contribution in [3.63, 3.8) is 0 Å². The number of nitrogens with one attached hydrogen (secondary N) is 1. The summed E-state index contributed by atoms with van der Waals surface area (Å²) in [6.45, 7) is 0.515. The molecule has 2 heterocycles. The lowest BCUT2D eigenvalue weighted by Crippen LogP contribution is -1.99. The molecule has 3 N–H and O–H groups in total. The second kappa shape index (κ2) is 4.66. The van der Waals surface area contributed by atoms with Gasteiger partial charge in [0, 0.05) is 19.3 Å². The van der Waals surface area contributed by atoms with Gasteiger partial charge in [-0.25, -0.2) is 9.97 Å². The van der Waals surface area contributed by atoms with E-state index in [0.717, 1.165) is 28.1 Å². The van der Waals surface area contributed by atoms with Gasteiger partial charge in [0.25, 0.3) is 0 Å². The van der Waals surface area contributed by atoms with Crippen LogP contribution in [0.5, 0.6) is 0 Å². The molecule has 3 aromatic rings. The summed E-state index contributed by atoms with van der Waals surface area (Å²) >= 11 is 0. The quantitative estimate of drug-likeness (QED) is 0.741. The van der Waals surface area contributed by atoms with Crippen LogP contribution in [0.4, 0.5) is 11.5 Å². The minimum Gasteiger partial charge on any atom is -0.340 e. The van der Waals surface area contributed by atoms with Gasteiger partial charge in [-0.3, -0.25) is 4.68 Å². The fourth-order valence-electron chi connectivity index (χ4n) is 1.97. The Hall–Kier alpha value is -2.47. The normalized spacial score (nSPS) is 10.8. The topological polar surface area (TPSA) is 81.7 Å². The fraction of sp³-hybridized carbons (Fsp3) is 0.154. The van der Waals surface area contributed by atoms with Gasteiger partial charge in [-0.15, -0.1) is 0 Å². The lowest BCUT2D eigenvalue weighted by molar-refractivity contribution is 0.785. The van der Waals surface area contributed by atoms with E-state index in [-0.39, 0.29) is 0 Å². The Kier molecular flexibility index (Phi) is 2.85. The largest absolute Gasteiger partial charge is 0.340 e. The van der Waals surface area contributed by atoms with Gasteiger partial charge in [0.1, 0.15) is 12.1 Å². The summed E-state index contributed by atoms with van der Waals surface area (Å²) < 4.78 is 1.72. The van der Waals surface area contributed by atoms with Gasteiger partial charge < -0.3 is 11.1 Å². The molecule has 0 amide bonds. The number of hydrogen-bond donors (Lipinski definition) is 2. The summed E-state index contributed by atoms with van der Waals surface area (Å²) in [5, 5.41) is 8.35. The molecule has 1 aromatic carbocycles. The van der Waals surface area contributed by atoms with Crippen molar-refractivity contribution < 1.29 is 0 Å². The molecule has 0 saturated heterocycles. The molecule has 0 bridgehead atoms. The third kappa shape index (κ3) is 2.13. The zero-order valence-electron chi connectivity index (χ0n) is 10.5. The lowest BCUT2D eigenvalue weighted by atomic mass is 10.2. The van der Waals surface area contributed by atoms with Gasteiger partial charge in [-0.2, -0.15) is 5.10 Å². The maximum Gasteiger partial charge on any atom is 0.163 e. The van der Waals surface area contributed by atoms with Crippen molar-refractivity contribution in [2.45, 2.75) is 6.54 Å². The van der Waals surface area contributed by atoms with Crippen LogP contribution in [0.2, 0.25) is 0 Å². The van der Waals surface area contributed by atoms with Crippen molar-refractivity contribution in [1.82, 2.24) is 19.7 Å². The second-order valence-electron chi connectivity index (χ2n) is 4.26. The van der Waals surface area contributed by atoms with E-state index in [4.69, 9.17) is 5.73 Å². The first-order valence-electron chi connectivity index (χ1n) is 5.96. The minimum absolute atomic E-state index is 0.515. The van der Waals surface area contributed by atoms with E-state index < -0.39 is 0 Å². The van der Waals surface area contributed by atoms with E-state index in [1.807, 2.05) is 31.3 Å². The van der Waals surface area contributed by atoms with E-state index in [0.29, 0.717) is 6.54 Å². The van der Waals surface area contributed by atoms with Crippen LogP contribution in [0.1, 0.15) is 5.56 Å². The number of aryl methyl sites for hydroxylation is 1. The average Bonchev–Trinajstić information content (AvgIpc) is 2.82. The summed E-state index contributed by atoms with van der Waals surface area (Å²) in [5.74, 6) is 0.743. The Morgan fingerprint density at radius 2 is 2.21 bits per heavy atom. The number of nitrogens with zero attached hydrogens (tertiary/aromatic N) is 4. The third-order valence-corrected chi connectivity index (χ3v) is 2.95. The van der Waals surface area contributed by atoms with Gasteiger partial charge in [0.05, 0.1) is 11.6 Å². The van der Waals surface area contributed by atoms with Crippen LogP contribution < -0.4 is 11.1 Å². The molecule has 3 rings (SSSR count). The summed E-state index contributed by atoms with van der Waals surface area (Å²) in [5.41, 5.74) is 8.46. The first-order chi connectivity index (χ1) is 9.28. The summed E-state index contributed by atoms with van der Waals surface area (Å²) in [7, 11) is 1.86. The number of hydrogen-bond acceptors (Lipinski definition) is 5. The van der Waals surface area contributed by atoms with Crippen molar-refractivity contribution in [2.75, 3.05) is 5.32 Å². The van der Waals surface area contributed by atoms with Gasteiger partial charge in [0.2, 0.25) is 0 Å². The molecule has 0 radical (unpaired) electrons. The monoisotopic (exact) mass is 254 g/mol. The average molecular weight is 254 g/mol. The predicted octanol–water partition coefficient (Wildman–Crippen LogP) is 1.57. The van der Waals surface area contributed by atoms with Crippen LogP contribution in [0, 0.1) is 0 Å². The van der Waals surface area contributed by atoms with Crippen LogP contribution in [0.15, 0.2) is 36.8 Å². The molecule has 0 saturated carbocycles. The SMILES string of the molecule is Cn1ncc2c(Nc3cccc(CN)c3)ncnc21. The van der Waals surface area contributed by atoms with Crippen molar-refractivity contribution in [1.29, 1.82) is 0 Å². The standard InChI is InChI=1S/C13H14N6/c1-19-13-11(7-17-19)12(15-8-16-13)18-10-4-2-3-9(5-10)6-14/h2-5,7-8H,6,14H2,1H3,(H,15,16,18). The number of fused-ring (bicyclic) bond motifs is 1. The van der Waals surface area contributed by atoms with Gasteiger partial charge in [0.15, 0.2) is 5.65 Å². The highest BCUT2D eigenvalue weighted by Gasteiger charge is 2.07. The highest BCUT2D eigenvalue weighted by Crippen LogP contribution is 2.22. The molecule has 0 aliphatic carbocycles. The Labute approximate surface area is 110 Å². The predicted molar refractivity (Wildman–Crippen MR) is 73.9 cm³/mol. The zero-order valence-corrected chi connectivity index (χ0v) is 10.5. The Morgan fingerprint density at radius 3 is 3.05 bits per heavy atom. The van der Waals surface area contributed by atoms with Crippen molar-refractivity contribution in [2.24, 2.45) is 12.8 Å². The van der Waals surface area contributed by atoms with Crippen LogP contribution in [0.3, 0.4) is 0 Å².